The molecule has 4 nitrogen and oxygen atoms in total. The van der Waals surface area contributed by atoms with Crippen LogP contribution < -0.4 is 0 Å². The van der Waals surface area contributed by atoms with Gasteiger partial charge in [0.2, 0.25) is 11.8 Å². The van der Waals surface area contributed by atoms with Gasteiger partial charge < -0.3 is 5.11 Å². The minimum atomic E-state index is -0.120. The predicted octanol–water partition coefficient (Wildman–Crippen LogP) is 4.15. The summed E-state index contributed by atoms with van der Waals surface area (Å²) in [4.78, 5) is 11.7. The summed E-state index contributed by atoms with van der Waals surface area (Å²) in [5, 5.41) is 13.1. The highest BCUT2D eigenvalue weighted by molar-refractivity contribution is 5.79. The van der Waals surface area contributed by atoms with Crippen molar-refractivity contribution >= 4 is 5.91 Å². The van der Waals surface area contributed by atoms with E-state index in [4.69, 9.17) is 0 Å². The van der Waals surface area contributed by atoms with E-state index in [2.05, 4.69) is 12.0 Å². The Kier molecular flexibility index (Phi) is 7.94. The van der Waals surface area contributed by atoms with Crippen LogP contribution in [0.25, 0.3) is 0 Å². The van der Waals surface area contributed by atoms with Gasteiger partial charge in [0.15, 0.2) is 0 Å². The summed E-state index contributed by atoms with van der Waals surface area (Å²) in [6.07, 6.45) is 13.0. The molecule has 0 atom stereocenters. The molecule has 0 aliphatic carbocycles. The standard InChI is InChI=1S/C15H26N2O2/c1-2-3-4-5-6-7-8-9-10-11-14(18)17-15(19)12-13-16-17/h12-13,19H,2-11H2,1H3. The Morgan fingerprint density at radius 3 is 2.21 bits per heavy atom. The van der Waals surface area contributed by atoms with E-state index in [9.17, 15) is 9.90 Å². The third-order valence-corrected chi connectivity index (χ3v) is 3.35. The number of nitrogens with zero attached hydrogens (tertiary/aromatic N) is 2. The molecule has 0 fully saturated rings. The maximum atomic E-state index is 11.7. The lowest BCUT2D eigenvalue weighted by atomic mass is 10.1. The summed E-state index contributed by atoms with van der Waals surface area (Å²) in [5.74, 6) is -0.189. The van der Waals surface area contributed by atoms with Crippen molar-refractivity contribution in [1.29, 1.82) is 0 Å². The minimum Gasteiger partial charge on any atom is -0.493 e. The number of hydrogen-bond acceptors (Lipinski definition) is 3. The lowest BCUT2D eigenvalue weighted by molar-refractivity contribution is 0.0872. The normalized spacial score (nSPS) is 10.8. The van der Waals surface area contributed by atoms with Gasteiger partial charge >= 0.3 is 0 Å². The number of unbranched alkanes of at least 4 members (excludes halogenated alkanes) is 8. The highest BCUT2D eigenvalue weighted by Crippen LogP contribution is 2.12. The first-order chi connectivity index (χ1) is 9.25. The lowest BCUT2D eigenvalue weighted by Crippen LogP contribution is -2.11. The Morgan fingerprint density at radius 2 is 1.68 bits per heavy atom. The average molecular weight is 266 g/mol. The number of carbonyl (C=O) groups excluding carboxylic acids is 1. The van der Waals surface area contributed by atoms with E-state index < -0.39 is 0 Å². The number of aromatic nitrogens is 2. The summed E-state index contributed by atoms with van der Waals surface area (Å²) >= 11 is 0. The summed E-state index contributed by atoms with van der Waals surface area (Å²) < 4.78 is 1.07. The second-order valence-corrected chi connectivity index (χ2v) is 5.07. The molecular weight excluding hydrogens is 240 g/mol. The van der Waals surface area contributed by atoms with Gasteiger partial charge in [-0.15, -0.1) is 0 Å². The van der Waals surface area contributed by atoms with Gasteiger partial charge in [0.1, 0.15) is 0 Å². The Bertz CT molecular complexity index is 361. The fourth-order valence-electron chi connectivity index (χ4n) is 2.18. The van der Waals surface area contributed by atoms with E-state index in [1.165, 1.54) is 57.2 Å². The monoisotopic (exact) mass is 266 g/mol. The van der Waals surface area contributed by atoms with E-state index >= 15 is 0 Å². The number of rotatable bonds is 10. The van der Waals surface area contributed by atoms with Gasteiger partial charge in [0.25, 0.3) is 0 Å². The smallest absolute Gasteiger partial charge is 0.250 e. The van der Waals surface area contributed by atoms with E-state index in [1.54, 1.807) is 0 Å². The topological polar surface area (TPSA) is 55.1 Å². The Labute approximate surface area is 115 Å². The summed E-state index contributed by atoms with van der Waals surface area (Å²) in [6.45, 7) is 2.23. The molecule has 1 rings (SSSR count). The van der Waals surface area contributed by atoms with Crippen molar-refractivity contribution in [2.45, 2.75) is 71.1 Å². The van der Waals surface area contributed by atoms with Crippen molar-refractivity contribution in [3.63, 3.8) is 0 Å². The molecule has 0 aliphatic heterocycles. The Balaban J connectivity index is 1.96. The molecule has 1 aromatic rings. The van der Waals surface area contributed by atoms with Gasteiger partial charge in [-0.25, -0.2) is 0 Å². The molecule has 0 unspecified atom stereocenters. The molecule has 0 aromatic carbocycles. The van der Waals surface area contributed by atoms with E-state index in [-0.39, 0.29) is 11.8 Å². The van der Waals surface area contributed by atoms with Crippen molar-refractivity contribution < 1.29 is 9.90 Å². The van der Waals surface area contributed by atoms with Gasteiger partial charge in [-0.1, -0.05) is 58.3 Å². The molecule has 1 heterocycles. The first kappa shape index (κ1) is 15.7. The van der Waals surface area contributed by atoms with Crippen LogP contribution in [-0.4, -0.2) is 20.8 Å². The number of carbonyl (C=O) groups is 1. The molecule has 1 N–H and O–H groups in total. The second kappa shape index (κ2) is 9.59. The van der Waals surface area contributed by atoms with Crippen molar-refractivity contribution in [2.75, 3.05) is 0 Å². The number of aromatic hydroxyl groups is 1. The van der Waals surface area contributed by atoms with Gasteiger partial charge in [-0.2, -0.15) is 9.78 Å². The molecule has 0 saturated carbocycles. The lowest BCUT2D eigenvalue weighted by Gasteiger charge is -2.03. The van der Waals surface area contributed by atoms with Gasteiger partial charge in [-0.3, -0.25) is 4.79 Å². The fraction of sp³-hybridized carbons (Fsp3) is 0.733. The van der Waals surface area contributed by atoms with Gasteiger partial charge in [-0.05, 0) is 6.42 Å². The van der Waals surface area contributed by atoms with Crippen molar-refractivity contribution in [3.8, 4) is 5.88 Å². The largest absolute Gasteiger partial charge is 0.493 e. The van der Waals surface area contributed by atoms with Crippen LogP contribution in [0.15, 0.2) is 12.3 Å². The molecule has 0 aliphatic rings. The molecule has 0 radical (unpaired) electrons. The molecule has 1 aromatic heterocycles. The van der Waals surface area contributed by atoms with Crippen LogP contribution in [0.1, 0.15) is 75.9 Å². The highest BCUT2D eigenvalue weighted by Gasteiger charge is 2.08. The van der Waals surface area contributed by atoms with Gasteiger partial charge in [0.05, 0.1) is 6.20 Å². The van der Waals surface area contributed by atoms with Crippen LogP contribution in [0, 0.1) is 0 Å². The SMILES string of the molecule is CCCCCCCCCCCC(=O)n1nccc1O. The molecule has 19 heavy (non-hydrogen) atoms. The predicted molar refractivity (Wildman–Crippen MR) is 76.4 cm³/mol. The summed E-state index contributed by atoms with van der Waals surface area (Å²) in [6, 6.07) is 1.42. The molecule has 0 saturated heterocycles. The van der Waals surface area contributed by atoms with Crippen LogP contribution in [0.4, 0.5) is 0 Å². The Hall–Kier alpha value is -1.32. The summed E-state index contributed by atoms with van der Waals surface area (Å²) in [5.41, 5.74) is 0. The molecule has 0 bridgehead atoms. The first-order valence-corrected chi connectivity index (χ1v) is 7.52. The third kappa shape index (κ3) is 6.41. The molecule has 4 heteroatoms. The quantitative estimate of drug-likeness (QED) is 0.647. The average Bonchev–Trinajstić information content (AvgIpc) is 2.83. The zero-order valence-electron chi connectivity index (χ0n) is 12.0. The molecule has 108 valence electrons. The molecule has 0 amide bonds. The minimum absolute atomic E-state index is 0.0686. The van der Waals surface area contributed by atoms with Crippen molar-refractivity contribution in [1.82, 2.24) is 9.78 Å². The first-order valence-electron chi connectivity index (χ1n) is 7.52. The van der Waals surface area contributed by atoms with E-state index in [0.29, 0.717) is 6.42 Å². The maximum absolute atomic E-state index is 11.7. The third-order valence-electron chi connectivity index (χ3n) is 3.35. The van der Waals surface area contributed by atoms with Gasteiger partial charge in [0, 0.05) is 12.5 Å². The molecular formula is C15H26N2O2. The van der Waals surface area contributed by atoms with E-state index in [0.717, 1.165) is 17.5 Å². The van der Waals surface area contributed by atoms with E-state index in [1.807, 2.05) is 0 Å². The van der Waals surface area contributed by atoms with Crippen LogP contribution in [0.5, 0.6) is 5.88 Å². The van der Waals surface area contributed by atoms with Crippen LogP contribution >= 0.6 is 0 Å². The second-order valence-electron chi connectivity index (χ2n) is 5.07. The zero-order chi connectivity index (χ0) is 13.9. The van der Waals surface area contributed by atoms with Crippen LogP contribution in [0.3, 0.4) is 0 Å². The molecule has 0 spiro atoms. The van der Waals surface area contributed by atoms with Crippen molar-refractivity contribution in [2.24, 2.45) is 0 Å². The zero-order valence-corrected chi connectivity index (χ0v) is 12.0. The fourth-order valence-corrected chi connectivity index (χ4v) is 2.18. The highest BCUT2D eigenvalue weighted by atomic mass is 16.3. The Morgan fingerprint density at radius 1 is 1.11 bits per heavy atom. The van der Waals surface area contributed by atoms with Crippen LogP contribution in [0.2, 0.25) is 0 Å². The van der Waals surface area contributed by atoms with Crippen LogP contribution in [-0.2, 0) is 0 Å². The summed E-state index contributed by atoms with van der Waals surface area (Å²) in [7, 11) is 0. The maximum Gasteiger partial charge on any atom is 0.250 e. The van der Waals surface area contributed by atoms with Crippen molar-refractivity contribution in [3.05, 3.63) is 12.3 Å². The number of hydrogen-bond donors (Lipinski definition) is 1.